The maximum Gasteiger partial charge on any atom is 0.145 e. The summed E-state index contributed by atoms with van der Waals surface area (Å²) in [7, 11) is 0. The fourth-order valence-corrected chi connectivity index (χ4v) is 6.57. The average molecular weight is 526 g/mol. The lowest BCUT2D eigenvalue weighted by molar-refractivity contribution is 0.648. The third-order valence-electron chi connectivity index (χ3n) is 8.35. The summed E-state index contributed by atoms with van der Waals surface area (Å²) in [5, 5.41) is 0. The van der Waals surface area contributed by atoms with E-state index in [2.05, 4.69) is 137 Å². The van der Waals surface area contributed by atoms with Crippen LogP contribution in [0.4, 0.5) is 0 Å². The highest BCUT2D eigenvalue weighted by Crippen LogP contribution is 2.50. The van der Waals surface area contributed by atoms with Crippen LogP contribution in [0.1, 0.15) is 28.2 Å². The lowest BCUT2D eigenvalue weighted by atomic mass is 9.67. The van der Waals surface area contributed by atoms with Gasteiger partial charge < -0.3 is 0 Å². The number of hydrogen-bond acceptors (Lipinski definition) is 2. The van der Waals surface area contributed by atoms with Crippen LogP contribution in [0.25, 0.3) is 33.7 Å². The molecule has 0 saturated heterocycles. The number of imidazole rings is 1. The van der Waals surface area contributed by atoms with Crippen molar-refractivity contribution in [2.45, 2.75) is 5.92 Å². The van der Waals surface area contributed by atoms with E-state index >= 15 is 0 Å². The van der Waals surface area contributed by atoms with Crippen molar-refractivity contribution in [2.24, 2.45) is 5.92 Å². The third kappa shape index (κ3) is 3.89. The van der Waals surface area contributed by atoms with Crippen LogP contribution in [0.3, 0.4) is 0 Å². The Kier molecular flexibility index (Phi) is 5.60. The smallest absolute Gasteiger partial charge is 0.145 e. The second-order valence-electron chi connectivity index (χ2n) is 10.6. The average Bonchev–Trinajstić information content (AvgIpc) is 3.44. The maximum absolute atomic E-state index is 5.02. The fourth-order valence-electron chi connectivity index (χ4n) is 6.57. The highest BCUT2D eigenvalue weighted by molar-refractivity contribution is 5.89. The molecular formula is C38H27N3. The molecule has 0 spiro atoms. The van der Waals surface area contributed by atoms with E-state index in [0.29, 0.717) is 0 Å². The minimum Gasteiger partial charge on any atom is -0.292 e. The number of nitrogens with zero attached hydrogens (tertiary/aromatic N) is 3. The topological polar surface area (TPSA) is 30.7 Å². The van der Waals surface area contributed by atoms with Crippen LogP contribution in [-0.4, -0.2) is 14.5 Å². The van der Waals surface area contributed by atoms with E-state index in [1.54, 1.807) is 0 Å². The van der Waals surface area contributed by atoms with Crippen LogP contribution in [0.2, 0.25) is 0 Å². The minimum absolute atomic E-state index is 0.249. The van der Waals surface area contributed by atoms with Crippen LogP contribution in [0.5, 0.6) is 0 Å². The highest BCUT2D eigenvalue weighted by atomic mass is 15.1. The first-order valence-corrected chi connectivity index (χ1v) is 14.1. The van der Waals surface area contributed by atoms with Gasteiger partial charge in [-0.15, -0.1) is 0 Å². The Morgan fingerprint density at radius 1 is 0.634 bits per heavy atom. The maximum atomic E-state index is 5.02. The van der Waals surface area contributed by atoms with E-state index in [1.807, 2.05) is 24.5 Å². The molecule has 2 aliphatic carbocycles. The van der Waals surface area contributed by atoms with Crippen molar-refractivity contribution in [3.05, 3.63) is 180 Å². The normalized spacial score (nSPS) is 17.5. The number of pyridine rings is 1. The summed E-state index contributed by atoms with van der Waals surface area (Å²) in [4.78, 5) is 9.31. The predicted octanol–water partition coefficient (Wildman–Crippen LogP) is 8.78. The van der Waals surface area contributed by atoms with Crippen LogP contribution < -0.4 is 0 Å². The Morgan fingerprint density at radius 2 is 1.39 bits per heavy atom. The van der Waals surface area contributed by atoms with Crippen molar-refractivity contribution in [3.8, 4) is 17.1 Å². The van der Waals surface area contributed by atoms with Gasteiger partial charge >= 0.3 is 0 Å². The van der Waals surface area contributed by atoms with Crippen molar-refractivity contribution in [3.63, 3.8) is 0 Å². The lowest BCUT2D eigenvalue weighted by Crippen LogP contribution is -2.22. The van der Waals surface area contributed by atoms with Gasteiger partial charge in [-0.3, -0.25) is 9.55 Å². The van der Waals surface area contributed by atoms with Crippen molar-refractivity contribution in [1.29, 1.82) is 0 Å². The molecule has 0 aliphatic heterocycles. The third-order valence-corrected chi connectivity index (χ3v) is 8.35. The molecule has 0 N–H and O–H groups in total. The summed E-state index contributed by atoms with van der Waals surface area (Å²) in [5.74, 6) is 1.46. The molecule has 2 aliphatic rings. The number of rotatable bonds is 4. The molecule has 0 saturated carbocycles. The van der Waals surface area contributed by atoms with Gasteiger partial charge in [-0.1, -0.05) is 103 Å². The second kappa shape index (κ2) is 9.72. The molecular weight excluding hydrogens is 498 g/mol. The predicted molar refractivity (Wildman–Crippen MR) is 167 cm³/mol. The molecule has 4 aromatic carbocycles. The zero-order valence-electron chi connectivity index (χ0n) is 22.4. The number of para-hydroxylation sites is 2. The molecule has 2 atom stereocenters. The summed E-state index contributed by atoms with van der Waals surface area (Å²) in [6.45, 7) is 0. The zero-order chi connectivity index (χ0) is 27.2. The number of aromatic nitrogens is 3. The lowest BCUT2D eigenvalue weighted by Gasteiger charge is -2.36. The zero-order valence-corrected chi connectivity index (χ0v) is 22.4. The van der Waals surface area contributed by atoms with Crippen LogP contribution in [0, 0.1) is 5.92 Å². The standard InChI is InChI=1S/C38H27N3/c1-2-10-28(11-3-1)38-40-34-16-8-9-17-35(34)41(38)29-20-18-26(19-21-29)36-30-12-4-6-14-32(30)37(27-22-24-39-25-23-27)33-15-7-5-13-31(33)36/h1-25,32,37H. The molecule has 0 fully saturated rings. The molecule has 2 heterocycles. The van der Waals surface area contributed by atoms with E-state index in [0.717, 1.165) is 28.1 Å². The molecule has 8 rings (SSSR count). The SMILES string of the molecule is C1=CC2=C(c3ccc(-n4c(-c5ccccc5)nc5ccccc54)cc3)c3ccccc3C(c3ccncc3)C2C=C1. The first kappa shape index (κ1) is 23.6. The van der Waals surface area contributed by atoms with Gasteiger partial charge in [-0.25, -0.2) is 4.98 Å². The summed E-state index contributed by atoms with van der Waals surface area (Å²) in [6.07, 6.45) is 12.8. The van der Waals surface area contributed by atoms with E-state index in [4.69, 9.17) is 4.98 Å². The van der Waals surface area contributed by atoms with Gasteiger partial charge in [0.2, 0.25) is 0 Å². The minimum atomic E-state index is 0.249. The van der Waals surface area contributed by atoms with E-state index in [1.165, 1.54) is 33.4 Å². The van der Waals surface area contributed by atoms with Gasteiger partial charge in [-0.2, -0.15) is 0 Å². The molecule has 0 amide bonds. The first-order chi connectivity index (χ1) is 20.4. The van der Waals surface area contributed by atoms with E-state index < -0.39 is 0 Å². The van der Waals surface area contributed by atoms with Gasteiger partial charge in [-0.05, 0) is 69.8 Å². The van der Waals surface area contributed by atoms with Gasteiger partial charge in [0.1, 0.15) is 5.82 Å². The molecule has 3 heteroatoms. The highest BCUT2D eigenvalue weighted by Gasteiger charge is 2.35. The quantitative estimate of drug-likeness (QED) is 0.230. The Balaban J connectivity index is 1.29. The molecule has 3 nitrogen and oxygen atoms in total. The molecule has 2 aromatic heterocycles. The summed E-state index contributed by atoms with van der Waals surface area (Å²) in [5.41, 5.74) is 12.1. The summed E-state index contributed by atoms with van der Waals surface area (Å²) in [6, 6.07) is 41.0. The Hall–Kier alpha value is -5.28. The Labute approximate surface area is 239 Å². The van der Waals surface area contributed by atoms with Crippen LogP contribution in [-0.2, 0) is 0 Å². The molecule has 0 radical (unpaired) electrons. The van der Waals surface area contributed by atoms with Gasteiger partial charge in [0.15, 0.2) is 0 Å². The van der Waals surface area contributed by atoms with Crippen molar-refractivity contribution in [1.82, 2.24) is 14.5 Å². The number of allylic oxidation sites excluding steroid dienone is 5. The van der Waals surface area contributed by atoms with Crippen molar-refractivity contribution < 1.29 is 0 Å². The number of benzene rings is 4. The molecule has 2 unspecified atom stereocenters. The molecule has 6 aromatic rings. The largest absolute Gasteiger partial charge is 0.292 e. The number of hydrogen-bond donors (Lipinski definition) is 0. The molecule has 194 valence electrons. The van der Waals surface area contributed by atoms with E-state index in [-0.39, 0.29) is 11.8 Å². The first-order valence-electron chi connectivity index (χ1n) is 14.1. The Bertz CT molecular complexity index is 1980. The van der Waals surface area contributed by atoms with Crippen LogP contribution >= 0.6 is 0 Å². The molecule has 41 heavy (non-hydrogen) atoms. The summed E-state index contributed by atoms with van der Waals surface area (Å²) >= 11 is 0. The van der Waals surface area contributed by atoms with Gasteiger partial charge in [0.05, 0.1) is 11.0 Å². The van der Waals surface area contributed by atoms with Gasteiger partial charge in [0, 0.05) is 35.5 Å². The van der Waals surface area contributed by atoms with Crippen molar-refractivity contribution >= 4 is 16.6 Å². The second-order valence-corrected chi connectivity index (χ2v) is 10.6. The Morgan fingerprint density at radius 3 is 2.24 bits per heavy atom. The number of fused-ring (bicyclic) bond motifs is 3. The molecule has 0 bridgehead atoms. The monoisotopic (exact) mass is 525 g/mol. The van der Waals surface area contributed by atoms with E-state index in [9.17, 15) is 0 Å². The summed E-state index contributed by atoms with van der Waals surface area (Å²) < 4.78 is 2.27. The van der Waals surface area contributed by atoms with Crippen LogP contribution in [0.15, 0.2) is 158 Å². The fraction of sp³-hybridized carbons (Fsp3) is 0.0526. The van der Waals surface area contributed by atoms with Crippen molar-refractivity contribution in [2.75, 3.05) is 0 Å². The van der Waals surface area contributed by atoms with Gasteiger partial charge in [0.25, 0.3) is 0 Å².